The van der Waals surface area contributed by atoms with E-state index in [1.54, 1.807) is 24.4 Å². The molecule has 0 radical (unpaired) electrons. The first kappa shape index (κ1) is 24.0. The van der Waals surface area contributed by atoms with Gasteiger partial charge in [-0.3, -0.25) is 0 Å². The molecule has 0 aliphatic rings. The van der Waals surface area contributed by atoms with E-state index >= 15 is 0 Å². The number of unbranched alkanes of at least 4 members (excludes halogenated alkanes) is 3. The van der Waals surface area contributed by atoms with Crippen LogP contribution in [-0.4, -0.2) is 44.0 Å². The minimum atomic E-state index is -2.12. The van der Waals surface area contributed by atoms with Crippen molar-refractivity contribution in [3.63, 3.8) is 0 Å². The van der Waals surface area contributed by atoms with Crippen molar-refractivity contribution in [3.05, 3.63) is 34.9 Å². The molecule has 0 saturated carbocycles. The molecule has 1 nitrogen and oxygen atoms in total. The first-order valence-electron chi connectivity index (χ1n) is 11.1. The Morgan fingerprint density at radius 2 is 1.27 bits per heavy atom. The van der Waals surface area contributed by atoms with Crippen LogP contribution in [0.1, 0.15) is 76.0 Å². The van der Waals surface area contributed by atoms with Crippen LogP contribution in [0.3, 0.4) is 0 Å². The molecule has 0 fully saturated rings. The molecule has 26 heavy (non-hydrogen) atoms. The second kappa shape index (κ2) is 11.7. The van der Waals surface area contributed by atoms with Crippen molar-refractivity contribution in [2.75, 3.05) is 21.1 Å². The van der Waals surface area contributed by atoms with E-state index in [0.29, 0.717) is 0 Å². The average Bonchev–Trinajstić information content (AvgIpc) is 2.57. The summed E-state index contributed by atoms with van der Waals surface area (Å²) in [4.78, 5) is 0. The predicted molar refractivity (Wildman–Crippen MR) is 122 cm³/mol. The second-order valence-corrected chi connectivity index (χ2v) is 23.6. The number of aryl methyl sites for hydroxylation is 1. The van der Waals surface area contributed by atoms with Gasteiger partial charge in [-0.05, 0) is 0 Å². The summed E-state index contributed by atoms with van der Waals surface area (Å²) in [6, 6.07) is 7.34. The second-order valence-electron chi connectivity index (χ2n) is 9.71. The molecule has 1 aromatic rings. The Morgan fingerprint density at radius 1 is 0.769 bits per heavy atom. The summed E-state index contributed by atoms with van der Waals surface area (Å²) >= 11 is -2.12. The Bertz CT molecular complexity index is 494. The number of hydrogen-bond donors (Lipinski definition) is 0. The number of rotatable bonds is 13. The summed E-state index contributed by atoms with van der Waals surface area (Å²) in [7, 11) is 6.98. The Labute approximate surface area is 169 Å². The minimum absolute atomic E-state index is 1.03. The molecule has 0 N–H and O–H groups in total. The van der Waals surface area contributed by atoms with E-state index in [-0.39, 0.29) is 0 Å². The monoisotopic (exact) mass is 468 g/mol. The van der Waals surface area contributed by atoms with Gasteiger partial charge in [-0.1, -0.05) is 0 Å². The zero-order valence-electron chi connectivity index (χ0n) is 19.0. The van der Waals surface area contributed by atoms with Crippen molar-refractivity contribution in [2.45, 2.75) is 90.5 Å². The molecule has 0 aliphatic carbocycles. The molecule has 0 spiro atoms. The van der Waals surface area contributed by atoms with Gasteiger partial charge in [-0.2, -0.15) is 0 Å². The number of hydrogen-bond acceptors (Lipinski definition) is 0. The van der Waals surface area contributed by atoms with Crippen LogP contribution in [0.25, 0.3) is 0 Å². The summed E-state index contributed by atoms with van der Waals surface area (Å²) < 4.78 is 7.36. The number of benzene rings is 1. The van der Waals surface area contributed by atoms with Gasteiger partial charge >= 0.3 is 169 Å². The molecule has 0 atom stereocenters. The quantitative estimate of drug-likeness (QED) is 0.214. The Balaban J connectivity index is 3.17. The van der Waals surface area contributed by atoms with E-state index in [1.165, 1.54) is 48.5 Å². The SMILES string of the molecule is CCC[CH2][Sn]([CH2]CCC)([CH2]CCC)[CH2]c1ccc(C)cc1C[N+](C)(C)C. The molecule has 0 heterocycles. The van der Waals surface area contributed by atoms with Crippen LogP contribution in [0, 0.1) is 6.92 Å². The first-order valence-corrected chi connectivity index (χ1v) is 19.2. The molecule has 0 saturated heterocycles. The van der Waals surface area contributed by atoms with Gasteiger partial charge in [0.1, 0.15) is 0 Å². The summed E-state index contributed by atoms with van der Waals surface area (Å²) in [5.74, 6) is 0. The van der Waals surface area contributed by atoms with E-state index in [4.69, 9.17) is 0 Å². The standard InChI is InChI=1S/C12H19N.3C4H9.Sn/c1-10-6-7-11(2)12(8-10)9-13(3,4)5;3*1-3-4-2;/h6-8H,2,9H2,1,3-5H3;3*1,3-4H2,2H3;/q+1;;;;. The number of quaternary nitrogens is 1. The first-order chi connectivity index (χ1) is 12.2. The van der Waals surface area contributed by atoms with Crippen molar-refractivity contribution in [2.24, 2.45) is 0 Å². The van der Waals surface area contributed by atoms with Gasteiger partial charge in [-0.25, -0.2) is 0 Å². The van der Waals surface area contributed by atoms with E-state index in [9.17, 15) is 0 Å². The summed E-state index contributed by atoms with van der Waals surface area (Å²) in [5.41, 5.74) is 4.76. The van der Waals surface area contributed by atoms with Crippen LogP contribution in [0.15, 0.2) is 18.2 Å². The zero-order chi connectivity index (χ0) is 19.6. The van der Waals surface area contributed by atoms with Gasteiger partial charge in [0.05, 0.1) is 0 Å². The zero-order valence-corrected chi connectivity index (χ0v) is 21.8. The third kappa shape index (κ3) is 8.78. The van der Waals surface area contributed by atoms with Gasteiger partial charge in [0.2, 0.25) is 0 Å². The molecule has 0 amide bonds. The number of nitrogens with zero attached hydrogens (tertiary/aromatic N) is 1. The molecule has 150 valence electrons. The van der Waals surface area contributed by atoms with Gasteiger partial charge < -0.3 is 0 Å². The topological polar surface area (TPSA) is 0 Å². The summed E-state index contributed by atoms with van der Waals surface area (Å²) in [5, 5.41) is 0. The maximum atomic E-state index is 2.50. The van der Waals surface area contributed by atoms with Gasteiger partial charge in [0.15, 0.2) is 0 Å². The van der Waals surface area contributed by atoms with Crippen LogP contribution in [-0.2, 0) is 11.0 Å². The van der Waals surface area contributed by atoms with Crippen LogP contribution in [0.2, 0.25) is 13.3 Å². The molecular formula is C24H46NSn+. The van der Waals surface area contributed by atoms with E-state index < -0.39 is 18.4 Å². The molecule has 0 bridgehead atoms. The Morgan fingerprint density at radius 3 is 1.69 bits per heavy atom. The molecule has 1 aromatic carbocycles. The van der Waals surface area contributed by atoms with Gasteiger partial charge in [0.25, 0.3) is 0 Å². The van der Waals surface area contributed by atoms with Crippen molar-refractivity contribution in [3.8, 4) is 0 Å². The van der Waals surface area contributed by atoms with E-state index in [1.807, 2.05) is 0 Å². The summed E-state index contributed by atoms with van der Waals surface area (Å²) in [6.07, 6.45) is 8.53. The van der Waals surface area contributed by atoms with Crippen molar-refractivity contribution in [1.29, 1.82) is 0 Å². The molecule has 0 unspecified atom stereocenters. The normalized spacial score (nSPS) is 12.6. The van der Waals surface area contributed by atoms with Crippen LogP contribution < -0.4 is 0 Å². The third-order valence-corrected chi connectivity index (χ3v) is 21.1. The average molecular weight is 467 g/mol. The van der Waals surface area contributed by atoms with E-state index in [2.05, 4.69) is 67.0 Å². The molecule has 1 rings (SSSR count). The van der Waals surface area contributed by atoms with Crippen LogP contribution in [0.5, 0.6) is 0 Å². The van der Waals surface area contributed by atoms with Gasteiger partial charge in [-0.15, -0.1) is 0 Å². The van der Waals surface area contributed by atoms with Crippen LogP contribution >= 0.6 is 0 Å². The molecular weight excluding hydrogens is 421 g/mol. The van der Waals surface area contributed by atoms with Crippen molar-refractivity contribution in [1.82, 2.24) is 0 Å². The van der Waals surface area contributed by atoms with E-state index in [0.717, 1.165) is 11.0 Å². The Kier molecular flexibility index (Phi) is 10.8. The third-order valence-electron chi connectivity index (χ3n) is 5.75. The van der Waals surface area contributed by atoms with Crippen molar-refractivity contribution >= 4 is 18.4 Å². The molecule has 0 aliphatic heterocycles. The fraction of sp³-hybridized carbons (Fsp3) is 0.750. The Hall–Kier alpha value is -0.0213. The predicted octanol–water partition coefficient (Wildman–Crippen LogP) is 7.13. The molecule has 0 aromatic heterocycles. The van der Waals surface area contributed by atoms with Crippen LogP contribution in [0.4, 0.5) is 0 Å². The molecule has 2 heteroatoms. The summed E-state index contributed by atoms with van der Waals surface area (Å²) in [6.45, 7) is 10.6. The van der Waals surface area contributed by atoms with Gasteiger partial charge in [0, 0.05) is 0 Å². The van der Waals surface area contributed by atoms with Crippen molar-refractivity contribution < 1.29 is 4.48 Å². The fourth-order valence-corrected chi connectivity index (χ4v) is 20.7. The maximum absolute atomic E-state index is 2.50. The fourth-order valence-electron chi connectivity index (χ4n) is 4.28.